The molecule has 2 aromatic rings. The van der Waals surface area contributed by atoms with Crippen molar-refractivity contribution in [2.75, 3.05) is 44.8 Å². The summed E-state index contributed by atoms with van der Waals surface area (Å²) in [4.78, 5) is 25.4. The molecule has 1 aromatic heterocycles. The van der Waals surface area contributed by atoms with Gasteiger partial charge in [0.1, 0.15) is 12.7 Å². The molecule has 8 nitrogen and oxygen atoms in total. The molecule has 2 fully saturated rings. The number of hydrogen-bond donors (Lipinski definition) is 1. The van der Waals surface area contributed by atoms with Gasteiger partial charge < -0.3 is 24.1 Å². The van der Waals surface area contributed by atoms with Crippen LogP contribution in [0.4, 0.5) is 14.5 Å². The molecule has 2 atom stereocenters. The smallest absolute Gasteiger partial charge is 0.253 e. The van der Waals surface area contributed by atoms with Crippen molar-refractivity contribution < 1.29 is 27.8 Å². The van der Waals surface area contributed by atoms with E-state index in [1.54, 1.807) is 19.3 Å². The van der Waals surface area contributed by atoms with E-state index in [1.807, 2.05) is 6.92 Å². The highest BCUT2D eigenvalue weighted by Gasteiger charge is 2.28. The normalized spacial score (nSPS) is 20.4. The lowest BCUT2D eigenvalue weighted by molar-refractivity contribution is -0.126. The van der Waals surface area contributed by atoms with Crippen LogP contribution in [0.25, 0.3) is 0 Å². The third-order valence-corrected chi connectivity index (χ3v) is 5.58. The first-order valence-electron chi connectivity index (χ1n) is 11.3. The van der Waals surface area contributed by atoms with Crippen molar-refractivity contribution in [1.29, 1.82) is 0 Å². The third kappa shape index (κ3) is 7.61. The molecular weight excluding hydrogens is 448 g/mol. The standard InChI is InChI=1S/C12H15F2NO2.C12H16N2O3/c13-10-2-1-3-11(12(10)14)17-9-6-15-4-7-16-8-5-15;1-8-3-4-10(17-8)12(16)13-9-5-6-14(2)11(15)7-9/h1-3H,4-9H2;5-8,10H,3-4H2,1-2H3,(H,13,16). The number of halogens is 2. The Bertz CT molecular complexity index is 1010. The number of anilines is 1. The fraction of sp³-hybridized carbons (Fsp3) is 0.500. The van der Waals surface area contributed by atoms with E-state index in [9.17, 15) is 18.4 Å². The number of hydrogen-bond acceptors (Lipinski definition) is 6. The molecule has 10 heteroatoms. The number of ether oxygens (including phenoxy) is 3. The summed E-state index contributed by atoms with van der Waals surface area (Å²) in [5, 5.41) is 2.70. The molecule has 3 heterocycles. The predicted molar refractivity (Wildman–Crippen MR) is 123 cm³/mol. The molecule has 0 spiro atoms. The third-order valence-electron chi connectivity index (χ3n) is 5.58. The van der Waals surface area contributed by atoms with Crippen LogP contribution in [0.3, 0.4) is 0 Å². The Hall–Kier alpha value is -2.82. The first-order chi connectivity index (χ1) is 16.3. The number of rotatable bonds is 6. The van der Waals surface area contributed by atoms with E-state index in [4.69, 9.17) is 14.2 Å². The van der Waals surface area contributed by atoms with Gasteiger partial charge in [-0.1, -0.05) is 6.07 Å². The van der Waals surface area contributed by atoms with Gasteiger partial charge >= 0.3 is 0 Å². The average molecular weight is 480 g/mol. The summed E-state index contributed by atoms with van der Waals surface area (Å²) in [6.07, 6.45) is 2.99. The summed E-state index contributed by atoms with van der Waals surface area (Å²) in [6, 6.07) is 7.03. The Morgan fingerprint density at radius 3 is 2.65 bits per heavy atom. The van der Waals surface area contributed by atoms with Gasteiger partial charge in [0.2, 0.25) is 5.82 Å². The molecule has 2 unspecified atom stereocenters. The van der Waals surface area contributed by atoms with Crippen molar-refractivity contribution in [3.8, 4) is 5.75 Å². The van der Waals surface area contributed by atoms with E-state index in [0.29, 0.717) is 32.1 Å². The predicted octanol–water partition coefficient (Wildman–Crippen LogP) is 2.57. The second-order valence-corrected chi connectivity index (χ2v) is 8.22. The first-order valence-corrected chi connectivity index (χ1v) is 11.3. The van der Waals surface area contributed by atoms with Gasteiger partial charge in [-0.2, -0.15) is 4.39 Å². The molecular formula is C24H31F2N3O5. The molecule has 186 valence electrons. The fourth-order valence-electron chi connectivity index (χ4n) is 3.55. The number of pyridine rings is 1. The lowest BCUT2D eigenvalue weighted by atomic mass is 10.2. The van der Waals surface area contributed by atoms with Crippen molar-refractivity contribution >= 4 is 11.6 Å². The quantitative estimate of drug-likeness (QED) is 0.686. The first kappa shape index (κ1) is 25.8. The molecule has 34 heavy (non-hydrogen) atoms. The Labute approximate surface area is 197 Å². The van der Waals surface area contributed by atoms with Crippen LogP contribution in [0.2, 0.25) is 0 Å². The molecule has 0 aliphatic carbocycles. The maximum absolute atomic E-state index is 13.2. The topological polar surface area (TPSA) is 82.0 Å². The molecule has 1 N–H and O–H groups in total. The monoisotopic (exact) mass is 479 g/mol. The number of benzene rings is 1. The maximum atomic E-state index is 13.2. The molecule has 0 saturated carbocycles. The fourth-order valence-corrected chi connectivity index (χ4v) is 3.55. The second-order valence-electron chi connectivity index (χ2n) is 8.22. The zero-order chi connectivity index (χ0) is 24.5. The summed E-state index contributed by atoms with van der Waals surface area (Å²) < 4.78 is 43.4. The van der Waals surface area contributed by atoms with Gasteiger partial charge in [-0.05, 0) is 38.0 Å². The van der Waals surface area contributed by atoms with Gasteiger partial charge in [0.25, 0.3) is 11.5 Å². The Balaban J connectivity index is 0.000000191. The van der Waals surface area contributed by atoms with E-state index in [1.165, 1.54) is 22.8 Å². The number of aryl methyl sites for hydroxylation is 1. The van der Waals surface area contributed by atoms with Crippen LogP contribution in [-0.4, -0.2) is 67.0 Å². The molecule has 1 amide bonds. The summed E-state index contributed by atoms with van der Waals surface area (Å²) in [5.41, 5.74) is 0.366. The van der Waals surface area contributed by atoms with Gasteiger partial charge in [-0.25, -0.2) is 4.39 Å². The Morgan fingerprint density at radius 2 is 1.97 bits per heavy atom. The van der Waals surface area contributed by atoms with Crippen molar-refractivity contribution in [2.24, 2.45) is 7.05 Å². The van der Waals surface area contributed by atoms with Gasteiger partial charge in [-0.15, -0.1) is 0 Å². The molecule has 2 aliphatic rings. The number of carbonyl (C=O) groups is 1. The zero-order valence-corrected chi connectivity index (χ0v) is 19.5. The molecule has 2 aliphatic heterocycles. The van der Waals surface area contributed by atoms with Gasteiger partial charge in [0.15, 0.2) is 11.6 Å². The van der Waals surface area contributed by atoms with Gasteiger partial charge in [-0.3, -0.25) is 14.5 Å². The number of carbonyl (C=O) groups excluding carboxylic acids is 1. The molecule has 0 bridgehead atoms. The van der Waals surface area contributed by atoms with Crippen LogP contribution in [0.5, 0.6) is 5.75 Å². The van der Waals surface area contributed by atoms with E-state index >= 15 is 0 Å². The van der Waals surface area contributed by atoms with Gasteiger partial charge in [0, 0.05) is 44.6 Å². The number of aromatic nitrogens is 1. The van der Waals surface area contributed by atoms with Crippen LogP contribution in [-0.2, 0) is 21.3 Å². The van der Waals surface area contributed by atoms with Crippen LogP contribution < -0.4 is 15.6 Å². The highest BCUT2D eigenvalue weighted by molar-refractivity contribution is 5.94. The Kier molecular flexibility index (Phi) is 9.55. The molecule has 4 rings (SSSR count). The molecule has 2 saturated heterocycles. The van der Waals surface area contributed by atoms with E-state index in [-0.39, 0.29) is 23.3 Å². The average Bonchev–Trinajstić information content (AvgIpc) is 3.27. The van der Waals surface area contributed by atoms with Crippen molar-refractivity contribution in [3.63, 3.8) is 0 Å². The van der Waals surface area contributed by atoms with Crippen molar-refractivity contribution in [2.45, 2.75) is 32.0 Å². The Morgan fingerprint density at radius 1 is 1.21 bits per heavy atom. The largest absolute Gasteiger partial charge is 0.489 e. The van der Waals surface area contributed by atoms with Crippen LogP contribution in [0.15, 0.2) is 41.3 Å². The number of amides is 1. The number of nitrogens with zero attached hydrogens (tertiary/aromatic N) is 2. The summed E-state index contributed by atoms with van der Waals surface area (Å²) in [7, 11) is 1.66. The van der Waals surface area contributed by atoms with E-state index < -0.39 is 17.7 Å². The highest BCUT2D eigenvalue weighted by Crippen LogP contribution is 2.20. The second kappa shape index (κ2) is 12.6. The lowest BCUT2D eigenvalue weighted by Crippen LogP contribution is -2.38. The van der Waals surface area contributed by atoms with E-state index in [0.717, 1.165) is 32.0 Å². The minimum atomic E-state index is -0.922. The van der Waals surface area contributed by atoms with Crippen LogP contribution >= 0.6 is 0 Å². The SMILES string of the molecule is CC1CCC(C(=O)Nc2ccn(C)c(=O)c2)O1.Fc1cccc(OCCN2CCOCC2)c1F. The summed E-state index contributed by atoms with van der Waals surface area (Å²) >= 11 is 0. The molecule has 1 aromatic carbocycles. The minimum Gasteiger partial charge on any atom is -0.489 e. The van der Waals surface area contributed by atoms with E-state index in [2.05, 4.69) is 10.2 Å². The zero-order valence-electron chi connectivity index (χ0n) is 19.5. The summed E-state index contributed by atoms with van der Waals surface area (Å²) in [6.45, 7) is 6.14. The number of nitrogens with one attached hydrogen (secondary N) is 1. The highest BCUT2D eigenvalue weighted by atomic mass is 19.2. The number of morpholine rings is 1. The van der Waals surface area contributed by atoms with Crippen molar-refractivity contribution in [1.82, 2.24) is 9.47 Å². The van der Waals surface area contributed by atoms with Crippen molar-refractivity contribution in [3.05, 3.63) is 58.5 Å². The minimum absolute atomic E-state index is 0.0294. The lowest BCUT2D eigenvalue weighted by Gasteiger charge is -2.26. The van der Waals surface area contributed by atoms with Crippen LogP contribution in [0.1, 0.15) is 19.8 Å². The molecule has 0 radical (unpaired) electrons. The summed E-state index contributed by atoms with van der Waals surface area (Å²) in [5.74, 6) is -2.01. The van der Waals surface area contributed by atoms with Crippen LogP contribution in [0, 0.1) is 11.6 Å². The van der Waals surface area contributed by atoms with Gasteiger partial charge in [0.05, 0.1) is 19.3 Å². The maximum Gasteiger partial charge on any atom is 0.253 e.